The molecule has 0 saturated carbocycles. The van der Waals surface area contributed by atoms with Crippen molar-refractivity contribution < 1.29 is 9.53 Å². The number of carbonyl (C=O) groups excluding carboxylic acids is 1. The van der Waals surface area contributed by atoms with Crippen LogP contribution in [0.15, 0.2) is 24.3 Å². The molecule has 4 heteroatoms. The van der Waals surface area contributed by atoms with Crippen LogP contribution in [0, 0.1) is 11.3 Å². The summed E-state index contributed by atoms with van der Waals surface area (Å²) in [5, 5.41) is 8.96. The predicted octanol–water partition coefficient (Wildman–Crippen LogP) is 3.56. The second-order valence-corrected chi connectivity index (χ2v) is 5.72. The monoisotopic (exact) mass is 283 g/mol. The van der Waals surface area contributed by atoms with E-state index in [-0.39, 0.29) is 5.97 Å². The van der Waals surface area contributed by atoms with E-state index in [1.54, 1.807) is 0 Å². The summed E-state index contributed by atoms with van der Waals surface area (Å²) in [6, 6.07) is 9.88. The largest absolute Gasteiger partial charge is 0.462 e. The molecule has 20 heavy (non-hydrogen) atoms. The highest BCUT2D eigenvalue weighted by Gasteiger charge is 2.22. The number of hydrogen-bond donors (Lipinski definition) is 0. The van der Waals surface area contributed by atoms with E-state index in [0.717, 1.165) is 23.3 Å². The van der Waals surface area contributed by atoms with Gasteiger partial charge in [-0.05, 0) is 54.7 Å². The zero-order valence-electron chi connectivity index (χ0n) is 11.1. The SMILES string of the molecule is CCOC(=O)c1cc2c(s1)-c1ccc(C#N)cc1CC2. The van der Waals surface area contributed by atoms with Crippen molar-refractivity contribution in [1.29, 1.82) is 5.26 Å². The molecule has 1 heterocycles. The normalized spacial score (nSPS) is 12.2. The lowest BCUT2D eigenvalue weighted by atomic mass is 9.90. The Balaban J connectivity index is 2.04. The highest BCUT2D eigenvalue weighted by Crippen LogP contribution is 2.40. The quantitative estimate of drug-likeness (QED) is 0.792. The van der Waals surface area contributed by atoms with Gasteiger partial charge < -0.3 is 4.74 Å². The minimum atomic E-state index is -0.248. The molecule has 0 saturated heterocycles. The first-order chi connectivity index (χ1) is 9.72. The van der Waals surface area contributed by atoms with Crippen molar-refractivity contribution >= 4 is 17.3 Å². The van der Waals surface area contributed by atoms with Gasteiger partial charge in [-0.3, -0.25) is 0 Å². The van der Waals surface area contributed by atoms with Crippen LogP contribution in [-0.2, 0) is 17.6 Å². The average Bonchev–Trinajstić information content (AvgIpc) is 2.91. The smallest absolute Gasteiger partial charge is 0.348 e. The Morgan fingerprint density at radius 3 is 2.90 bits per heavy atom. The summed E-state index contributed by atoms with van der Waals surface area (Å²) in [6.07, 6.45) is 1.82. The first-order valence-corrected chi connectivity index (χ1v) is 7.37. The molecule has 1 aliphatic carbocycles. The predicted molar refractivity (Wildman–Crippen MR) is 77.8 cm³/mol. The fraction of sp³-hybridized carbons (Fsp3) is 0.250. The number of hydrogen-bond acceptors (Lipinski definition) is 4. The summed E-state index contributed by atoms with van der Waals surface area (Å²) >= 11 is 1.48. The highest BCUT2D eigenvalue weighted by molar-refractivity contribution is 7.17. The Morgan fingerprint density at radius 1 is 1.35 bits per heavy atom. The molecule has 0 bridgehead atoms. The van der Waals surface area contributed by atoms with Crippen LogP contribution >= 0.6 is 11.3 Å². The lowest BCUT2D eigenvalue weighted by molar-refractivity contribution is 0.0532. The van der Waals surface area contributed by atoms with Crippen LogP contribution in [0.5, 0.6) is 0 Å². The number of carbonyl (C=O) groups is 1. The maximum Gasteiger partial charge on any atom is 0.348 e. The molecule has 0 spiro atoms. The number of aryl methyl sites for hydroxylation is 2. The van der Waals surface area contributed by atoms with Gasteiger partial charge in [0.1, 0.15) is 4.88 Å². The maximum atomic E-state index is 11.8. The van der Waals surface area contributed by atoms with Crippen molar-refractivity contribution in [3.8, 4) is 16.5 Å². The molecule has 1 aliphatic rings. The summed E-state index contributed by atoms with van der Waals surface area (Å²) in [4.78, 5) is 13.6. The summed E-state index contributed by atoms with van der Waals surface area (Å²) in [5.74, 6) is -0.248. The van der Waals surface area contributed by atoms with E-state index >= 15 is 0 Å². The lowest BCUT2D eigenvalue weighted by Gasteiger charge is -2.15. The third-order valence-electron chi connectivity index (χ3n) is 3.43. The minimum Gasteiger partial charge on any atom is -0.462 e. The fourth-order valence-electron chi connectivity index (χ4n) is 2.51. The van der Waals surface area contributed by atoms with E-state index in [1.807, 2.05) is 31.2 Å². The second-order valence-electron chi connectivity index (χ2n) is 4.67. The number of ether oxygens (including phenoxy) is 1. The number of esters is 1. The summed E-state index contributed by atoms with van der Waals surface area (Å²) in [6.45, 7) is 2.20. The molecule has 0 fully saturated rings. The van der Waals surface area contributed by atoms with Crippen molar-refractivity contribution in [3.05, 3.63) is 45.8 Å². The molecule has 2 aromatic rings. The van der Waals surface area contributed by atoms with Crippen molar-refractivity contribution in [2.75, 3.05) is 6.61 Å². The van der Waals surface area contributed by atoms with Gasteiger partial charge in [-0.15, -0.1) is 11.3 Å². The Kier molecular flexibility index (Phi) is 3.29. The number of rotatable bonds is 2. The van der Waals surface area contributed by atoms with E-state index in [1.165, 1.54) is 22.5 Å². The van der Waals surface area contributed by atoms with Crippen molar-refractivity contribution in [1.82, 2.24) is 0 Å². The summed E-state index contributed by atoms with van der Waals surface area (Å²) in [5.41, 5.74) is 4.23. The number of nitrogens with zero attached hydrogens (tertiary/aromatic N) is 1. The first-order valence-electron chi connectivity index (χ1n) is 6.56. The molecule has 3 nitrogen and oxygen atoms in total. The zero-order valence-corrected chi connectivity index (χ0v) is 11.9. The maximum absolute atomic E-state index is 11.8. The van der Waals surface area contributed by atoms with E-state index in [0.29, 0.717) is 17.0 Å². The van der Waals surface area contributed by atoms with Gasteiger partial charge in [0, 0.05) is 4.88 Å². The van der Waals surface area contributed by atoms with Gasteiger partial charge in [0.25, 0.3) is 0 Å². The van der Waals surface area contributed by atoms with Crippen LogP contribution in [0.1, 0.15) is 33.3 Å². The van der Waals surface area contributed by atoms with Gasteiger partial charge in [-0.2, -0.15) is 5.26 Å². The number of nitriles is 1. The third kappa shape index (κ3) is 2.10. The van der Waals surface area contributed by atoms with E-state index in [9.17, 15) is 4.79 Å². The van der Waals surface area contributed by atoms with Crippen LogP contribution in [0.3, 0.4) is 0 Å². The molecule has 0 amide bonds. The highest BCUT2D eigenvalue weighted by atomic mass is 32.1. The average molecular weight is 283 g/mol. The van der Waals surface area contributed by atoms with Gasteiger partial charge in [-0.1, -0.05) is 6.07 Å². The van der Waals surface area contributed by atoms with Gasteiger partial charge in [0.2, 0.25) is 0 Å². The zero-order chi connectivity index (χ0) is 14.1. The molecular formula is C16H13NO2S. The van der Waals surface area contributed by atoms with Gasteiger partial charge >= 0.3 is 5.97 Å². The van der Waals surface area contributed by atoms with Crippen LogP contribution in [0.4, 0.5) is 0 Å². The van der Waals surface area contributed by atoms with E-state index in [2.05, 4.69) is 6.07 Å². The van der Waals surface area contributed by atoms with Crippen molar-refractivity contribution in [3.63, 3.8) is 0 Å². The Hall–Kier alpha value is -2.12. The molecule has 0 atom stereocenters. The molecular weight excluding hydrogens is 270 g/mol. The number of fused-ring (bicyclic) bond motifs is 3. The summed E-state index contributed by atoms with van der Waals surface area (Å²) < 4.78 is 5.06. The van der Waals surface area contributed by atoms with Gasteiger partial charge in [0.15, 0.2) is 0 Å². The fourth-order valence-corrected chi connectivity index (χ4v) is 3.67. The van der Waals surface area contributed by atoms with Gasteiger partial charge in [0.05, 0.1) is 18.2 Å². The van der Waals surface area contributed by atoms with Crippen LogP contribution in [0.2, 0.25) is 0 Å². The molecule has 1 aromatic carbocycles. The van der Waals surface area contributed by atoms with E-state index < -0.39 is 0 Å². The Morgan fingerprint density at radius 2 is 2.15 bits per heavy atom. The second kappa shape index (κ2) is 5.10. The molecule has 100 valence electrons. The lowest BCUT2D eigenvalue weighted by Crippen LogP contribution is -2.02. The van der Waals surface area contributed by atoms with E-state index in [4.69, 9.17) is 10.00 Å². The van der Waals surface area contributed by atoms with Crippen molar-refractivity contribution in [2.24, 2.45) is 0 Å². The molecule has 0 radical (unpaired) electrons. The Bertz CT molecular complexity index is 725. The third-order valence-corrected chi connectivity index (χ3v) is 4.62. The van der Waals surface area contributed by atoms with Crippen LogP contribution in [0.25, 0.3) is 10.4 Å². The summed E-state index contributed by atoms with van der Waals surface area (Å²) in [7, 11) is 0. The topological polar surface area (TPSA) is 50.1 Å². The molecule has 1 aromatic heterocycles. The Labute approximate surface area is 121 Å². The minimum absolute atomic E-state index is 0.248. The molecule has 0 unspecified atom stereocenters. The first kappa shape index (κ1) is 12.9. The standard InChI is InChI=1S/C16H13NO2S/c1-2-19-16(18)14-8-12-5-4-11-7-10(9-17)3-6-13(11)15(12)20-14/h3,6-8H,2,4-5H2,1H3. The number of benzene rings is 1. The van der Waals surface area contributed by atoms with Crippen molar-refractivity contribution in [2.45, 2.75) is 19.8 Å². The van der Waals surface area contributed by atoms with Crippen LogP contribution in [-0.4, -0.2) is 12.6 Å². The molecule has 0 N–H and O–H groups in total. The van der Waals surface area contributed by atoms with Crippen LogP contribution < -0.4 is 0 Å². The molecule has 3 rings (SSSR count). The van der Waals surface area contributed by atoms with Gasteiger partial charge in [-0.25, -0.2) is 4.79 Å². The molecule has 0 aliphatic heterocycles. The number of thiophene rings is 1.